The largest absolute Gasteiger partial charge is 0.343 e. The predicted octanol–water partition coefficient (Wildman–Crippen LogP) is 0.0881. The molecule has 20 heavy (non-hydrogen) atoms. The van der Waals surface area contributed by atoms with Crippen LogP contribution in [0.3, 0.4) is 0 Å². The first-order valence-corrected chi connectivity index (χ1v) is 7.15. The fraction of sp³-hybridized carbons (Fsp3) is 0.643. The first-order chi connectivity index (χ1) is 9.58. The number of aryl methyl sites for hydroxylation is 1. The van der Waals surface area contributed by atoms with E-state index in [9.17, 15) is 9.59 Å². The van der Waals surface area contributed by atoms with Crippen molar-refractivity contribution in [2.24, 2.45) is 13.0 Å². The Kier molecular flexibility index (Phi) is 3.23. The fourth-order valence-corrected chi connectivity index (χ4v) is 2.88. The lowest BCUT2D eigenvalue weighted by molar-refractivity contribution is -0.149. The lowest BCUT2D eigenvalue weighted by Crippen LogP contribution is -2.63. The van der Waals surface area contributed by atoms with Crippen LogP contribution in [0, 0.1) is 5.92 Å². The molecule has 0 bridgehead atoms. The first-order valence-electron chi connectivity index (χ1n) is 7.15. The fourth-order valence-electron chi connectivity index (χ4n) is 2.88. The van der Waals surface area contributed by atoms with Gasteiger partial charge in [0, 0.05) is 32.4 Å². The second kappa shape index (κ2) is 4.92. The summed E-state index contributed by atoms with van der Waals surface area (Å²) in [6.07, 6.45) is 6.40. The molecule has 108 valence electrons. The van der Waals surface area contributed by atoms with Gasteiger partial charge in [-0.3, -0.25) is 9.59 Å². The topological polar surface area (TPSA) is 67.2 Å². The van der Waals surface area contributed by atoms with Gasteiger partial charge < -0.3 is 14.8 Å². The van der Waals surface area contributed by atoms with Gasteiger partial charge in [0.05, 0.1) is 0 Å². The number of rotatable bonds is 4. The van der Waals surface area contributed by atoms with E-state index < -0.39 is 6.04 Å². The maximum Gasteiger partial charge on any atom is 0.245 e. The van der Waals surface area contributed by atoms with Gasteiger partial charge in [-0.15, -0.1) is 0 Å². The molecule has 1 aromatic heterocycles. The van der Waals surface area contributed by atoms with Crippen molar-refractivity contribution in [1.29, 1.82) is 0 Å². The quantitative estimate of drug-likeness (QED) is 0.847. The zero-order valence-electron chi connectivity index (χ0n) is 11.9. The van der Waals surface area contributed by atoms with Gasteiger partial charge >= 0.3 is 0 Å². The molecule has 1 N–H and O–H groups in total. The summed E-state index contributed by atoms with van der Waals surface area (Å²) < 4.78 is 1.95. The zero-order chi connectivity index (χ0) is 14.3. The van der Waals surface area contributed by atoms with Crippen molar-refractivity contribution in [2.75, 3.05) is 6.54 Å². The summed E-state index contributed by atoms with van der Waals surface area (Å²) in [4.78, 5) is 30.5. The zero-order valence-corrected chi connectivity index (χ0v) is 11.9. The van der Waals surface area contributed by atoms with Crippen LogP contribution < -0.4 is 5.32 Å². The predicted molar refractivity (Wildman–Crippen MR) is 72.7 cm³/mol. The molecule has 1 aliphatic heterocycles. The van der Waals surface area contributed by atoms with Crippen LogP contribution in [0.4, 0.5) is 0 Å². The highest BCUT2D eigenvalue weighted by Crippen LogP contribution is 2.37. The Labute approximate surface area is 118 Å². The third-order valence-corrected chi connectivity index (χ3v) is 4.18. The Bertz CT molecular complexity index is 535. The van der Waals surface area contributed by atoms with Crippen molar-refractivity contribution in [1.82, 2.24) is 19.8 Å². The van der Waals surface area contributed by atoms with Crippen molar-refractivity contribution < 1.29 is 9.59 Å². The van der Waals surface area contributed by atoms with Crippen molar-refractivity contribution in [3.63, 3.8) is 0 Å². The minimum Gasteiger partial charge on any atom is -0.343 e. The van der Waals surface area contributed by atoms with Gasteiger partial charge in [-0.1, -0.05) is 0 Å². The van der Waals surface area contributed by atoms with Gasteiger partial charge in [0.25, 0.3) is 0 Å². The molecule has 2 aliphatic rings. The Balaban J connectivity index is 1.74. The smallest absolute Gasteiger partial charge is 0.245 e. The molecule has 1 saturated carbocycles. The van der Waals surface area contributed by atoms with Crippen molar-refractivity contribution in [3.05, 3.63) is 18.2 Å². The van der Waals surface area contributed by atoms with Crippen LogP contribution >= 0.6 is 0 Å². The van der Waals surface area contributed by atoms with Crippen LogP contribution in [0.5, 0.6) is 0 Å². The SMILES string of the molecule is CC1NC(=O)C(C2CC2)N(CCc2nccn2C)C1=O. The molecule has 1 saturated heterocycles. The maximum absolute atomic E-state index is 12.3. The highest BCUT2D eigenvalue weighted by Gasteiger charge is 2.46. The van der Waals surface area contributed by atoms with E-state index in [0.717, 1.165) is 18.7 Å². The maximum atomic E-state index is 12.3. The number of carbonyl (C=O) groups is 2. The third-order valence-electron chi connectivity index (χ3n) is 4.18. The van der Waals surface area contributed by atoms with Crippen LogP contribution in [-0.2, 0) is 23.1 Å². The molecule has 0 spiro atoms. The van der Waals surface area contributed by atoms with E-state index in [2.05, 4.69) is 10.3 Å². The molecule has 1 aliphatic carbocycles. The summed E-state index contributed by atoms with van der Waals surface area (Å²) in [7, 11) is 1.94. The van der Waals surface area contributed by atoms with E-state index in [0.29, 0.717) is 18.9 Å². The Morgan fingerprint density at radius 3 is 2.75 bits per heavy atom. The number of carbonyl (C=O) groups excluding carboxylic acids is 2. The number of piperazine rings is 1. The molecule has 0 radical (unpaired) electrons. The van der Waals surface area contributed by atoms with Gasteiger partial charge in [0.1, 0.15) is 17.9 Å². The molecule has 3 rings (SSSR count). The average molecular weight is 276 g/mol. The number of nitrogens with zero attached hydrogens (tertiary/aromatic N) is 3. The van der Waals surface area contributed by atoms with Crippen molar-refractivity contribution in [3.8, 4) is 0 Å². The summed E-state index contributed by atoms with van der Waals surface area (Å²) in [5, 5.41) is 2.78. The standard InChI is InChI=1S/C14H20N4O2/c1-9-14(20)18(7-5-11-15-6-8-17(11)2)12(10-3-4-10)13(19)16-9/h6,8-10,12H,3-5,7H2,1-2H3,(H,16,19). The summed E-state index contributed by atoms with van der Waals surface area (Å²) in [5.41, 5.74) is 0. The molecule has 2 amide bonds. The van der Waals surface area contributed by atoms with Crippen LogP contribution in [0.25, 0.3) is 0 Å². The second-order valence-corrected chi connectivity index (χ2v) is 5.75. The highest BCUT2D eigenvalue weighted by molar-refractivity contribution is 5.97. The molecule has 6 nitrogen and oxygen atoms in total. The van der Waals surface area contributed by atoms with Crippen LogP contribution in [0.1, 0.15) is 25.6 Å². The van der Waals surface area contributed by atoms with Crippen LogP contribution in [0.15, 0.2) is 12.4 Å². The van der Waals surface area contributed by atoms with Crippen LogP contribution in [-0.4, -0.2) is 44.9 Å². The van der Waals surface area contributed by atoms with Gasteiger partial charge in [-0.05, 0) is 25.7 Å². The highest BCUT2D eigenvalue weighted by atomic mass is 16.2. The molecule has 6 heteroatoms. The number of hydrogen-bond acceptors (Lipinski definition) is 3. The summed E-state index contributed by atoms with van der Waals surface area (Å²) in [6.45, 7) is 2.31. The molecular formula is C14H20N4O2. The van der Waals surface area contributed by atoms with E-state index in [-0.39, 0.29) is 17.9 Å². The minimum atomic E-state index is -0.418. The Morgan fingerprint density at radius 2 is 2.15 bits per heavy atom. The second-order valence-electron chi connectivity index (χ2n) is 5.75. The summed E-state index contributed by atoms with van der Waals surface area (Å²) in [6, 6.07) is -0.696. The first kappa shape index (κ1) is 13.1. The minimum absolute atomic E-state index is 0.000518. The summed E-state index contributed by atoms with van der Waals surface area (Å²) >= 11 is 0. The van der Waals surface area contributed by atoms with Gasteiger partial charge in [0.15, 0.2) is 0 Å². The van der Waals surface area contributed by atoms with Gasteiger partial charge in [0.2, 0.25) is 11.8 Å². The molecule has 2 unspecified atom stereocenters. The lowest BCUT2D eigenvalue weighted by Gasteiger charge is -2.38. The molecule has 2 heterocycles. The molecule has 1 aromatic rings. The van der Waals surface area contributed by atoms with E-state index in [4.69, 9.17) is 0 Å². The van der Waals surface area contributed by atoms with E-state index >= 15 is 0 Å². The van der Waals surface area contributed by atoms with E-state index in [1.165, 1.54) is 0 Å². The van der Waals surface area contributed by atoms with E-state index in [1.807, 2.05) is 17.8 Å². The van der Waals surface area contributed by atoms with E-state index in [1.54, 1.807) is 18.0 Å². The number of aromatic nitrogens is 2. The van der Waals surface area contributed by atoms with Crippen molar-refractivity contribution in [2.45, 2.75) is 38.3 Å². The Hall–Kier alpha value is -1.85. The van der Waals surface area contributed by atoms with Crippen molar-refractivity contribution >= 4 is 11.8 Å². The average Bonchev–Trinajstić information content (AvgIpc) is 3.15. The summed E-state index contributed by atoms with van der Waals surface area (Å²) in [5.74, 6) is 1.30. The normalized spacial score (nSPS) is 26.8. The number of hydrogen-bond donors (Lipinski definition) is 1. The van der Waals surface area contributed by atoms with Gasteiger partial charge in [-0.25, -0.2) is 4.98 Å². The number of imidazole rings is 1. The monoisotopic (exact) mass is 276 g/mol. The number of nitrogens with one attached hydrogen (secondary N) is 1. The Morgan fingerprint density at radius 1 is 1.40 bits per heavy atom. The molecular weight excluding hydrogens is 256 g/mol. The van der Waals surface area contributed by atoms with Crippen LogP contribution in [0.2, 0.25) is 0 Å². The number of amides is 2. The molecule has 0 aromatic carbocycles. The molecule has 2 fully saturated rings. The molecule has 2 atom stereocenters. The van der Waals surface area contributed by atoms with Gasteiger partial charge in [-0.2, -0.15) is 0 Å². The lowest BCUT2D eigenvalue weighted by atomic mass is 10.0. The third kappa shape index (κ3) is 2.30.